The molecule has 0 saturated carbocycles. The minimum Gasteiger partial charge on any atom is -0.399 e. The molecular formula is C14H14F2N2O2S. The molecule has 0 aromatic heterocycles. The topological polar surface area (TPSA) is 72.2 Å². The Morgan fingerprint density at radius 1 is 1.10 bits per heavy atom. The smallest absolute Gasteiger partial charge is 0.265 e. The highest BCUT2D eigenvalue weighted by molar-refractivity contribution is 7.92. The van der Waals surface area contributed by atoms with E-state index in [0.717, 1.165) is 17.7 Å². The molecule has 21 heavy (non-hydrogen) atoms. The van der Waals surface area contributed by atoms with Crippen LogP contribution in [0.4, 0.5) is 20.2 Å². The molecule has 112 valence electrons. The summed E-state index contributed by atoms with van der Waals surface area (Å²) in [6.07, 6.45) is 0. The lowest BCUT2D eigenvalue weighted by Crippen LogP contribution is -2.16. The number of anilines is 2. The lowest BCUT2D eigenvalue weighted by atomic mass is 10.1. The van der Waals surface area contributed by atoms with Gasteiger partial charge < -0.3 is 5.73 Å². The highest BCUT2D eigenvalue weighted by Gasteiger charge is 2.23. The zero-order valence-corrected chi connectivity index (χ0v) is 12.3. The first-order valence-electron chi connectivity index (χ1n) is 6.05. The van der Waals surface area contributed by atoms with E-state index in [1.54, 1.807) is 26.0 Å². The third-order valence-electron chi connectivity index (χ3n) is 2.94. The first-order chi connectivity index (χ1) is 9.70. The lowest BCUT2D eigenvalue weighted by Gasteiger charge is -2.12. The number of hydrogen-bond acceptors (Lipinski definition) is 3. The fraction of sp³-hybridized carbons (Fsp3) is 0.143. The number of benzene rings is 2. The summed E-state index contributed by atoms with van der Waals surface area (Å²) in [5.41, 5.74) is 7.00. The molecule has 0 radical (unpaired) electrons. The first kappa shape index (κ1) is 15.2. The van der Waals surface area contributed by atoms with Crippen LogP contribution in [0, 0.1) is 25.5 Å². The number of nitrogens with one attached hydrogen (secondary N) is 1. The van der Waals surface area contributed by atoms with Gasteiger partial charge in [-0.25, -0.2) is 17.2 Å². The van der Waals surface area contributed by atoms with Gasteiger partial charge in [0.2, 0.25) is 0 Å². The largest absolute Gasteiger partial charge is 0.399 e. The fourth-order valence-corrected chi connectivity index (χ4v) is 3.07. The summed E-state index contributed by atoms with van der Waals surface area (Å²) in [6.45, 7) is 3.49. The van der Waals surface area contributed by atoms with Crippen LogP contribution in [-0.4, -0.2) is 8.42 Å². The molecule has 0 spiro atoms. The highest BCUT2D eigenvalue weighted by Crippen LogP contribution is 2.25. The number of sulfonamides is 1. The molecule has 7 heteroatoms. The molecule has 3 N–H and O–H groups in total. The Hall–Kier alpha value is -2.15. The Morgan fingerprint density at radius 2 is 1.76 bits per heavy atom. The van der Waals surface area contributed by atoms with Crippen molar-refractivity contribution in [3.63, 3.8) is 0 Å². The molecule has 4 nitrogen and oxygen atoms in total. The van der Waals surface area contributed by atoms with Crippen molar-refractivity contribution in [3.8, 4) is 0 Å². The molecular weight excluding hydrogens is 298 g/mol. The van der Waals surface area contributed by atoms with Crippen LogP contribution in [0.2, 0.25) is 0 Å². The van der Waals surface area contributed by atoms with Crippen LogP contribution >= 0.6 is 0 Å². The van der Waals surface area contributed by atoms with Crippen LogP contribution in [-0.2, 0) is 10.0 Å². The van der Waals surface area contributed by atoms with Gasteiger partial charge in [-0.2, -0.15) is 0 Å². The monoisotopic (exact) mass is 312 g/mol. The van der Waals surface area contributed by atoms with Crippen molar-refractivity contribution in [2.75, 3.05) is 10.5 Å². The number of nitrogens with two attached hydrogens (primary N) is 1. The van der Waals surface area contributed by atoms with E-state index >= 15 is 0 Å². The van der Waals surface area contributed by atoms with Gasteiger partial charge in [0.25, 0.3) is 10.0 Å². The summed E-state index contributed by atoms with van der Waals surface area (Å²) in [6, 6.07) is 6.75. The number of halogens is 2. The maximum atomic E-state index is 13.7. The van der Waals surface area contributed by atoms with E-state index in [0.29, 0.717) is 11.3 Å². The Kier molecular flexibility index (Phi) is 3.87. The van der Waals surface area contributed by atoms with Crippen molar-refractivity contribution >= 4 is 21.4 Å². The summed E-state index contributed by atoms with van der Waals surface area (Å²) in [7, 11) is -4.27. The van der Waals surface area contributed by atoms with Crippen LogP contribution in [0.1, 0.15) is 11.1 Å². The minimum atomic E-state index is -4.27. The molecule has 0 unspecified atom stereocenters. The SMILES string of the molecule is Cc1ccc(C)c(NS(=O)(=O)c2cc(N)cc(F)c2F)c1. The summed E-state index contributed by atoms with van der Waals surface area (Å²) in [5.74, 6) is -2.77. The van der Waals surface area contributed by atoms with Crippen molar-refractivity contribution in [3.05, 3.63) is 53.1 Å². The van der Waals surface area contributed by atoms with E-state index in [2.05, 4.69) is 4.72 Å². The van der Waals surface area contributed by atoms with Crippen molar-refractivity contribution in [2.45, 2.75) is 18.7 Å². The van der Waals surface area contributed by atoms with Crippen molar-refractivity contribution in [1.29, 1.82) is 0 Å². The molecule has 0 bridgehead atoms. The van der Waals surface area contributed by atoms with Gasteiger partial charge in [0.05, 0.1) is 5.69 Å². The van der Waals surface area contributed by atoms with Crippen LogP contribution in [0.5, 0.6) is 0 Å². The van der Waals surface area contributed by atoms with E-state index in [-0.39, 0.29) is 5.69 Å². The summed E-state index contributed by atoms with van der Waals surface area (Å²) in [4.78, 5) is -0.819. The molecule has 0 aliphatic heterocycles. The van der Waals surface area contributed by atoms with Gasteiger partial charge >= 0.3 is 0 Å². The van der Waals surface area contributed by atoms with Crippen molar-refractivity contribution in [2.24, 2.45) is 0 Å². The fourth-order valence-electron chi connectivity index (χ4n) is 1.82. The van der Waals surface area contributed by atoms with E-state index in [4.69, 9.17) is 5.73 Å². The van der Waals surface area contributed by atoms with Gasteiger partial charge in [-0.3, -0.25) is 4.72 Å². The second-order valence-corrected chi connectivity index (χ2v) is 6.39. The number of nitrogen functional groups attached to an aromatic ring is 1. The van der Waals surface area contributed by atoms with Crippen LogP contribution in [0.15, 0.2) is 35.2 Å². The van der Waals surface area contributed by atoms with Crippen LogP contribution in [0.25, 0.3) is 0 Å². The first-order valence-corrected chi connectivity index (χ1v) is 7.53. The Labute approximate surface area is 121 Å². The van der Waals surface area contributed by atoms with Gasteiger partial charge in [-0.05, 0) is 43.2 Å². The number of hydrogen-bond donors (Lipinski definition) is 2. The molecule has 0 saturated heterocycles. The van der Waals surface area contributed by atoms with E-state index in [9.17, 15) is 17.2 Å². The average Bonchev–Trinajstić information content (AvgIpc) is 2.37. The lowest BCUT2D eigenvalue weighted by molar-refractivity contribution is 0.486. The third kappa shape index (κ3) is 3.13. The normalized spacial score (nSPS) is 11.4. The predicted molar refractivity (Wildman–Crippen MR) is 77.5 cm³/mol. The van der Waals surface area contributed by atoms with E-state index in [1.807, 2.05) is 6.07 Å². The molecule has 2 aromatic rings. The molecule has 0 fully saturated rings. The minimum absolute atomic E-state index is 0.171. The summed E-state index contributed by atoms with van der Waals surface area (Å²) in [5, 5.41) is 0. The van der Waals surface area contributed by atoms with Crippen molar-refractivity contribution < 1.29 is 17.2 Å². The van der Waals surface area contributed by atoms with Gasteiger partial charge in [-0.15, -0.1) is 0 Å². The quantitative estimate of drug-likeness (QED) is 0.856. The van der Waals surface area contributed by atoms with Crippen LogP contribution < -0.4 is 10.5 Å². The predicted octanol–water partition coefficient (Wildman–Crippen LogP) is 2.96. The highest BCUT2D eigenvalue weighted by atomic mass is 32.2. The standard InChI is InChI=1S/C14H14F2N2O2S/c1-8-3-4-9(2)12(5-8)18-21(19,20)13-7-10(17)6-11(15)14(13)16/h3-7,18H,17H2,1-2H3. The van der Waals surface area contributed by atoms with E-state index in [1.165, 1.54) is 0 Å². The number of aryl methyl sites for hydroxylation is 2. The second kappa shape index (κ2) is 5.33. The molecule has 0 aliphatic rings. The third-order valence-corrected chi connectivity index (χ3v) is 4.31. The zero-order valence-electron chi connectivity index (χ0n) is 11.4. The zero-order chi connectivity index (χ0) is 15.8. The Bertz CT molecular complexity index is 805. The van der Waals surface area contributed by atoms with E-state index < -0.39 is 26.6 Å². The summed E-state index contributed by atoms with van der Waals surface area (Å²) < 4.78 is 53.7. The molecule has 0 heterocycles. The average molecular weight is 312 g/mol. The Balaban J connectivity index is 2.51. The van der Waals surface area contributed by atoms with Gasteiger partial charge in [0.1, 0.15) is 4.90 Å². The van der Waals surface area contributed by atoms with Gasteiger partial charge in [0.15, 0.2) is 11.6 Å². The maximum Gasteiger partial charge on any atom is 0.265 e. The van der Waals surface area contributed by atoms with Gasteiger partial charge in [-0.1, -0.05) is 12.1 Å². The summed E-state index contributed by atoms with van der Waals surface area (Å²) >= 11 is 0. The number of rotatable bonds is 3. The molecule has 0 aliphatic carbocycles. The molecule has 2 aromatic carbocycles. The molecule has 0 atom stereocenters. The second-order valence-electron chi connectivity index (χ2n) is 4.74. The maximum absolute atomic E-state index is 13.7. The Morgan fingerprint density at radius 3 is 2.43 bits per heavy atom. The van der Waals surface area contributed by atoms with Crippen molar-refractivity contribution in [1.82, 2.24) is 0 Å². The van der Waals surface area contributed by atoms with Crippen LogP contribution in [0.3, 0.4) is 0 Å². The molecule has 2 rings (SSSR count). The molecule has 0 amide bonds. The van der Waals surface area contributed by atoms with Gasteiger partial charge in [0, 0.05) is 5.69 Å².